The normalized spacial score (nSPS) is 12.6. The lowest BCUT2D eigenvalue weighted by Gasteiger charge is -2.30. The monoisotopic (exact) mass is 291 g/mol. The quantitative estimate of drug-likeness (QED) is 0.906. The molecule has 0 aliphatic heterocycles. The van der Waals surface area contributed by atoms with Gasteiger partial charge in [-0.05, 0) is 51.7 Å². The molecule has 1 rings (SSSR count). The fourth-order valence-electron chi connectivity index (χ4n) is 2.52. The second-order valence-electron chi connectivity index (χ2n) is 8.40. The molecular formula is C18H33N3. The first-order chi connectivity index (χ1) is 9.39. The molecule has 0 aliphatic rings. The zero-order valence-corrected chi connectivity index (χ0v) is 15.4. The Hall–Kier alpha value is -1.09. The van der Waals surface area contributed by atoms with Gasteiger partial charge >= 0.3 is 0 Å². The maximum absolute atomic E-state index is 4.80. The van der Waals surface area contributed by atoms with Crippen LogP contribution in [-0.4, -0.2) is 24.1 Å². The van der Waals surface area contributed by atoms with E-state index in [1.807, 2.05) is 0 Å². The standard InChI is InChI=1S/C18H33N3/c1-13-10-14(2)20-16(21(9)12-17(3,4)5)15(13)11-19-18(6,7)8/h10,19H,11-12H2,1-9H3. The van der Waals surface area contributed by atoms with Crippen LogP contribution in [0.25, 0.3) is 0 Å². The second kappa shape index (κ2) is 6.35. The molecule has 0 unspecified atom stereocenters. The van der Waals surface area contributed by atoms with Crippen LogP contribution in [0.4, 0.5) is 5.82 Å². The van der Waals surface area contributed by atoms with E-state index < -0.39 is 0 Å². The van der Waals surface area contributed by atoms with E-state index in [4.69, 9.17) is 4.98 Å². The van der Waals surface area contributed by atoms with Gasteiger partial charge in [-0.25, -0.2) is 4.98 Å². The summed E-state index contributed by atoms with van der Waals surface area (Å²) >= 11 is 0. The van der Waals surface area contributed by atoms with Gasteiger partial charge in [0.25, 0.3) is 0 Å². The summed E-state index contributed by atoms with van der Waals surface area (Å²) in [5.74, 6) is 1.11. The number of rotatable bonds is 4. The number of hydrogen-bond donors (Lipinski definition) is 1. The van der Waals surface area contributed by atoms with Crippen molar-refractivity contribution >= 4 is 5.82 Å². The molecule has 21 heavy (non-hydrogen) atoms. The SMILES string of the molecule is Cc1cc(C)c(CNC(C)(C)C)c(N(C)CC(C)(C)C)n1. The minimum absolute atomic E-state index is 0.108. The Balaban J connectivity index is 3.11. The molecule has 0 atom stereocenters. The van der Waals surface area contributed by atoms with E-state index in [-0.39, 0.29) is 11.0 Å². The number of pyridine rings is 1. The highest BCUT2D eigenvalue weighted by atomic mass is 15.2. The van der Waals surface area contributed by atoms with E-state index in [2.05, 4.69) is 78.7 Å². The van der Waals surface area contributed by atoms with Crippen molar-refractivity contribution in [1.29, 1.82) is 0 Å². The van der Waals surface area contributed by atoms with Crippen molar-refractivity contribution < 1.29 is 0 Å². The molecule has 3 heteroatoms. The number of aromatic nitrogens is 1. The van der Waals surface area contributed by atoms with Crippen LogP contribution < -0.4 is 10.2 Å². The maximum Gasteiger partial charge on any atom is 0.133 e. The van der Waals surface area contributed by atoms with Crippen LogP contribution in [0, 0.1) is 19.3 Å². The molecule has 1 heterocycles. The van der Waals surface area contributed by atoms with Gasteiger partial charge in [-0.15, -0.1) is 0 Å². The largest absolute Gasteiger partial charge is 0.359 e. The van der Waals surface area contributed by atoms with Crippen LogP contribution in [0.3, 0.4) is 0 Å². The number of nitrogens with zero attached hydrogens (tertiary/aromatic N) is 2. The van der Waals surface area contributed by atoms with E-state index in [0.717, 1.165) is 24.6 Å². The average molecular weight is 291 g/mol. The van der Waals surface area contributed by atoms with Gasteiger partial charge < -0.3 is 10.2 Å². The molecule has 1 aromatic heterocycles. The van der Waals surface area contributed by atoms with Crippen LogP contribution in [0.15, 0.2) is 6.07 Å². The van der Waals surface area contributed by atoms with Gasteiger partial charge in [-0.2, -0.15) is 0 Å². The Kier molecular flexibility index (Phi) is 5.43. The molecule has 3 nitrogen and oxygen atoms in total. The fraction of sp³-hybridized carbons (Fsp3) is 0.722. The highest BCUT2D eigenvalue weighted by molar-refractivity contribution is 5.51. The first-order valence-corrected chi connectivity index (χ1v) is 7.82. The third-order valence-electron chi connectivity index (χ3n) is 3.32. The molecule has 0 amide bonds. The highest BCUT2D eigenvalue weighted by Crippen LogP contribution is 2.25. The molecule has 0 aliphatic carbocycles. The molecule has 0 saturated carbocycles. The second-order valence-corrected chi connectivity index (χ2v) is 8.40. The lowest BCUT2D eigenvalue weighted by Crippen LogP contribution is -2.37. The van der Waals surface area contributed by atoms with Crippen molar-refractivity contribution in [3.63, 3.8) is 0 Å². The van der Waals surface area contributed by atoms with Crippen LogP contribution in [0.2, 0.25) is 0 Å². The Labute approximate surface area is 131 Å². The number of aryl methyl sites for hydroxylation is 2. The molecule has 0 fully saturated rings. The Morgan fingerprint density at radius 3 is 2.14 bits per heavy atom. The van der Waals surface area contributed by atoms with E-state index in [0.29, 0.717) is 0 Å². The van der Waals surface area contributed by atoms with Crippen molar-refractivity contribution in [2.24, 2.45) is 5.41 Å². The summed E-state index contributed by atoms with van der Waals surface area (Å²) < 4.78 is 0. The third-order valence-corrected chi connectivity index (χ3v) is 3.32. The lowest BCUT2D eigenvalue weighted by molar-refractivity contribution is 0.412. The number of hydrogen-bond acceptors (Lipinski definition) is 3. The Bertz CT molecular complexity index is 478. The smallest absolute Gasteiger partial charge is 0.133 e. The van der Waals surface area contributed by atoms with Gasteiger partial charge in [0.05, 0.1) is 0 Å². The predicted octanol–water partition coefficient (Wildman–Crippen LogP) is 4.07. The van der Waals surface area contributed by atoms with Gasteiger partial charge in [-0.3, -0.25) is 0 Å². The first-order valence-electron chi connectivity index (χ1n) is 7.82. The van der Waals surface area contributed by atoms with Crippen molar-refractivity contribution in [2.45, 2.75) is 67.5 Å². The Morgan fingerprint density at radius 2 is 1.67 bits per heavy atom. The van der Waals surface area contributed by atoms with Crippen LogP contribution >= 0.6 is 0 Å². The first kappa shape index (κ1) is 18.0. The summed E-state index contributed by atoms with van der Waals surface area (Å²) in [4.78, 5) is 7.10. The van der Waals surface area contributed by atoms with E-state index in [1.54, 1.807) is 0 Å². The van der Waals surface area contributed by atoms with Gasteiger partial charge in [0.15, 0.2) is 0 Å². The van der Waals surface area contributed by atoms with Gasteiger partial charge in [0.1, 0.15) is 5.82 Å². The van der Waals surface area contributed by atoms with Gasteiger partial charge in [0.2, 0.25) is 0 Å². The molecule has 120 valence electrons. The van der Waals surface area contributed by atoms with Gasteiger partial charge in [-0.1, -0.05) is 20.8 Å². The minimum atomic E-state index is 0.108. The molecule has 0 spiro atoms. The van der Waals surface area contributed by atoms with Crippen molar-refractivity contribution in [2.75, 3.05) is 18.5 Å². The topological polar surface area (TPSA) is 28.2 Å². The van der Waals surface area contributed by atoms with E-state index >= 15 is 0 Å². The zero-order valence-electron chi connectivity index (χ0n) is 15.4. The third kappa shape index (κ3) is 6.04. The zero-order chi connectivity index (χ0) is 16.4. The van der Waals surface area contributed by atoms with Gasteiger partial charge in [0, 0.05) is 36.9 Å². The predicted molar refractivity (Wildman–Crippen MR) is 93.0 cm³/mol. The van der Waals surface area contributed by atoms with Crippen LogP contribution in [0.1, 0.15) is 58.4 Å². The average Bonchev–Trinajstić information content (AvgIpc) is 2.22. The summed E-state index contributed by atoms with van der Waals surface area (Å²) in [5.41, 5.74) is 4.07. The number of nitrogens with one attached hydrogen (secondary N) is 1. The number of anilines is 1. The summed E-state index contributed by atoms with van der Waals surface area (Å²) in [6, 6.07) is 2.17. The van der Waals surface area contributed by atoms with E-state index in [9.17, 15) is 0 Å². The molecule has 0 radical (unpaired) electrons. The van der Waals surface area contributed by atoms with Crippen molar-refractivity contribution in [1.82, 2.24) is 10.3 Å². The highest BCUT2D eigenvalue weighted by Gasteiger charge is 2.19. The fourth-order valence-corrected chi connectivity index (χ4v) is 2.52. The van der Waals surface area contributed by atoms with Crippen molar-refractivity contribution in [3.05, 3.63) is 22.9 Å². The maximum atomic E-state index is 4.80. The Morgan fingerprint density at radius 1 is 1.10 bits per heavy atom. The van der Waals surface area contributed by atoms with Crippen molar-refractivity contribution in [3.8, 4) is 0 Å². The molecule has 0 saturated heterocycles. The minimum Gasteiger partial charge on any atom is -0.359 e. The summed E-state index contributed by atoms with van der Waals surface area (Å²) in [5, 5.41) is 3.59. The summed E-state index contributed by atoms with van der Waals surface area (Å²) in [6.45, 7) is 19.5. The summed E-state index contributed by atoms with van der Waals surface area (Å²) in [7, 11) is 2.15. The molecule has 0 bridgehead atoms. The molecule has 1 N–H and O–H groups in total. The lowest BCUT2D eigenvalue weighted by atomic mass is 9.96. The molecule has 1 aromatic rings. The molecule has 0 aromatic carbocycles. The van der Waals surface area contributed by atoms with E-state index in [1.165, 1.54) is 11.1 Å². The molecular weight excluding hydrogens is 258 g/mol. The van der Waals surface area contributed by atoms with Crippen LogP contribution in [0.5, 0.6) is 0 Å². The van der Waals surface area contributed by atoms with Crippen LogP contribution in [-0.2, 0) is 6.54 Å². The summed E-state index contributed by atoms with van der Waals surface area (Å²) in [6.07, 6.45) is 0.